The summed E-state index contributed by atoms with van der Waals surface area (Å²) in [6.07, 6.45) is -0.503. The molecular formula is C22H31ClN4O3S. The average molecular weight is 467 g/mol. The van der Waals surface area contributed by atoms with Crippen molar-refractivity contribution in [1.29, 1.82) is 0 Å². The number of carbonyl (C=O) groups is 2. The standard InChI is InChI=1S/C22H30N4O3S.ClH/c1-13-18(30-12-25-13)15-7-5-14(6-8-15)10-24-20(28)17-9-16(27)11-26(17)21(29)19(23)22(2,3)4;/h5-8,12,16-17,19,27H,9-11,23H2,1-4H3,(H,24,28);1H/t16-,17+,19?;/m0./s1. The number of aromatic nitrogens is 1. The number of carbonyl (C=O) groups excluding carboxylic acids is 2. The van der Waals surface area contributed by atoms with E-state index in [2.05, 4.69) is 10.3 Å². The Morgan fingerprint density at radius 3 is 2.52 bits per heavy atom. The fourth-order valence-corrected chi connectivity index (χ4v) is 4.33. The summed E-state index contributed by atoms with van der Waals surface area (Å²) in [6.45, 7) is 8.11. The first-order valence-corrected chi connectivity index (χ1v) is 11.0. The lowest BCUT2D eigenvalue weighted by Crippen LogP contribution is -2.54. The zero-order valence-electron chi connectivity index (χ0n) is 18.3. The van der Waals surface area contributed by atoms with Crippen LogP contribution in [0.25, 0.3) is 10.4 Å². The summed E-state index contributed by atoms with van der Waals surface area (Å²) >= 11 is 1.60. The van der Waals surface area contributed by atoms with Crippen molar-refractivity contribution in [3.05, 3.63) is 41.0 Å². The molecule has 2 heterocycles. The van der Waals surface area contributed by atoms with E-state index in [1.54, 1.807) is 11.3 Å². The van der Waals surface area contributed by atoms with Gasteiger partial charge in [0.1, 0.15) is 6.04 Å². The molecule has 0 saturated carbocycles. The SMILES string of the molecule is Cc1ncsc1-c1ccc(CNC(=O)[C@H]2C[C@H](O)CN2C(=O)C(N)C(C)(C)C)cc1.Cl. The minimum atomic E-state index is -0.735. The molecule has 1 aromatic carbocycles. The van der Waals surface area contributed by atoms with Crippen LogP contribution in [0.5, 0.6) is 0 Å². The van der Waals surface area contributed by atoms with E-state index in [9.17, 15) is 14.7 Å². The van der Waals surface area contributed by atoms with Crippen LogP contribution in [-0.2, 0) is 16.1 Å². The van der Waals surface area contributed by atoms with Crippen LogP contribution in [0.3, 0.4) is 0 Å². The highest BCUT2D eigenvalue weighted by molar-refractivity contribution is 7.13. The number of aliphatic hydroxyl groups excluding tert-OH is 1. The molecule has 1 fully saturated rings. The van der Waals surface area contributed by atoms with E-state index >= 15 is 0 Å². The third kappa shape index (κ3) is 5.83. The second-order valence-electron chi connectivity index (χ2n) is 8.92. The topological polar surface area (TPSA) is 109 Å². The maximum absolute atomic E-state index is 12.8. The molecule has 0 spiro atoms. The molecule has 1 unspecified atom stereocenters. The first-order valence-electron chi connectivity index (χ1n) is 10.1. The van der Waals surface area contributed by atoms with Crippen molar-refractivity contribution in [2.45, 2.75) is 58.8 Å². The highest BCUT2D eigenvalue weighted by Gasteiger charge is 2.42. The van der Waals surface area contributed by atoms with Gasteiger partial charge in [0.2, 0.25) is 11.8 Å². The van der Waals surface area contributed by atoms with Crippen molar-refractivity contribution in [3.8, 4) is 10.4 Å². The first kappa shape index (κ1) is 25.3. The number of hydrogen-bond donors (Lipinski definition) is 3. The first-order chi connectivity index (χ1) is 14.1. The van der Waals surface area contributed by atoms with Gasteiger partial charge >= 0.3 is 0 Å². The van der Waals surface area contributed by atoms with Crippen molar-refractivity contribution in [2.24, 2.45) is 11.1 Å². The van der Waals surface area contributed by atoms with Crippen LogP contribution in [0.15, 0.2) is 29.8 Å². The molecule has 0 radical (unpaired) electrons. The number of β-amino-alcohol motifs (C(OH)–C–C–N with tert-alkyl or cyclic N) is 1. The summed E-state index contributed by atoms with van der Waals surface area (Å²) in [7, 11) is 0. The van der Waals surface area contributed by atoms with E-state index in [1.165, 1.54) is 4.90 Å². The predicted molar refractivity (Wildman–Crippen MR) is 125 cm³/mol. The van der Waals surface area contributed by atoms with Crippen LogP contribution >= 0.6 is 23.7 Å². The average Bonchev–Trinajstić information content (AvgIpc) is 3.30. The van der Waals surface area contributed by atoms with Crippen molar-refractivity contribution in [2.75, 3.05) is 6.54 Å². The van der Waals surface area contributed by atoms with Crippen LogP contribution in [0.4, 0.5) is 0 Å². The molecule has 1 aliphatic heterocycles. The molecule has 1 aliphatic rings. The molecule has 4 N–H and O–H groups in total. The minimum absolute atomic E-state index is 0. The number of amides is 2. The van der Waals surface area contributed by atoms with E-state index < -0.39 is 23.6 Å². The van der Waals surface area contributed by atoms with Crippen LogP contribution in [-0.4, -0.2) is 51.5 Å². The van der Waals surface area contributed by atoms with Gasteiger partial charge in [0, 0.05) is 19.5 Å². The Hall–Kier alpha value is -2.00. The summed E-state index contributed by atoms with van der Waals surface area (Å²) in [5.41, 5.74) is 10.6. The van der Waals surface area contributed by atoms with Gasteiger partial charge in [-0.2, -0.15) is 0 Å². The molecule has 0 bridgehead atoms. The van der Waals surface area contributed by atoms with Gasteiger partial charge in [-0.1, -0.05) is 45.0 Å². The van der Waals surface area contributed by atoms with Gasteiger partial charge < -0.3 is 21.1 Å². The van der Waals surface area contributed by atoms with E-state index in [-0.39, 0.29) is 37.2 Å². The summed E-state index contributed by atoms with van der Waals surface area (Å²) in [6, 6.07) is 6.52. The van der Waals surface area contributed by atoms with E-state index in [4.69, 9.17) is 5.73 Å². The molecule has 0 aliphatic carbocycles. The maximum atomic E-state index is 12.8. The lowest BCUT2D eigenvalue weighted by molar-refractivity contribution is -0.141. The quantitative estimate of drug-likeness (QED) is 0.627. The summed E-state index contributed by atoms with van der Waals surface area (Å²) in [5, 5.41) is 13.0. The molecule has 9 heteroatoms. The molecular weight excluding hydrogens is 436 g/mol. The van der Waals surface area contributed by atoms with Crippen molar-refractivity contribution >= 4 is 35.6 Å². The molecule has 1 saturated heterocycles. The number of thiazole rings is 1. The Morgan fingerprint density at radius 2 is 1.97 bits per heavy atom. The number of aryl methyl sites for hydroxylation is 1. The number of likely N-dealkylation sites (tertiary alicyclic amines) is 1. The van der Waals surface area contributed by atoms with E-state index in [0.29, 0.717) is 6.54 Å². The number of nitrogens with zero attached hydrogens (tertiary/aromatic N) is 2. The fraction of sp³-hybridized carbons (Fsp3) is 0.500. The van der Waals surface area contributed by atoms with Gasteiger partial charge in [-0.05, 0) is 23.5 Å². The number of nitrogens with two attached hydrogens (primary N) is 1. The Bertz CT molecular complexity index is 910. The smallest absolute Gasteiger partial charge is 0.243 e. The van der Waals surface area contributed by atoms with Crippen molar-refractivity contribution in [3.63, 3.8) is 0 Å². The fourth-order valence-electron chi connectivity index (χ4n) is 3.51. The van der Waals surface area contributed by atoms with Gasteiger partial charge in [-0.3, -0.25) is 9.59 Å². The number of aliphatic hydroxyl groups is 1. The molecule has 31 heavy (non-hydrogen) atoms. The summed E-state index contributed by atoms with van der Waals surface area (Å²) < 4.78 is 0. The second kappa shape index (κ2) is 10.1. The number of hydrogen-bond acceptors (Lipinski definition) is 6. The predicted octanol–water partition coefficient (Wildman–Crippen LogP) is 2.49. The van der Waals surface area contributed by atoms with Gasteiger partial charge in [-0.15, -0.1) is 23.7 Å². The highest BCUT2D eigenvalue weighted by Crippen LogP contribution is 2.27. The zero-order chi connectivity index (χ0) is 22.1. The Kier molecular flexibility index (Phi) is 8.21. The summed E-state index contributed by atoms with van der Waals surface area (Å²) in [4.78, 5) is 32.4. The lowest BCUT2D eigenvalue weighted by Gasteiger charge is -2.32. The van der Waals surface area contributed by atoms with Crippen LogP contribution in [0.1, 0.15) is 38.4 Å². The minimum Gasteiger partial charge on any atom is -0.391 e. The van der Waals surface area contributed by atoms with Crippen LogP contribution in [0, 0.1) is 12.3 Å². The van der Waals surface area contributed by atoms with Crippen molar-refractivity contribution in [1.82, 2.24) is 15.2 Å². The normalized spacial score (nSPS) is 19.6. The van der Waals surface area contributed by atoms with E-state index in [0.717, 1.165) is 21.7 Å². The second-order valence-corrected chi connectivity index (χ2v) is 9.78. The van der Waals surface area contributed by atoms with Crippen molar-refractivity contribution < 1.29 is 14.7 Å². The number of rotatable bonds is 5. The number of halogens is 1. The molecule has 1 aromatic heterocycles. The third-order valence-electron chi connectivity index (χ3n) is 5.49. The van der Waals surface area contributed by atoms with Crippen LogP contribution in [0.2, 0.25) is 0 Å². The molecule has 2 aromatic rings. The molecule has 3 rings (SSSR count). The van der Waals surface area contributed by atoms with Gasteiger partial charge in [0.25, 0.3) is 0 Å². The molecule has 170 valence electrons. The largest absolute Gasteiger partial charge is 0.391 e. The van der Waals surface area contributed by atoms with Crippen LogP contribution < -0.4 is 11.1 Å². The molecule has 2 amide bonds. The van der Waals surface area contributed by atoms with Gasteiger partial charge in [-0.25, -0.2) is 4.98 Å². The maximum Gasteiger partial charge on any atom is 0.243 e. The molecule has 3 atom stereocenters. The lowest BCUT2D eigenvalue weighted by atomic mass is 9.86. The third-order valence-corrected chi connectivity index (χ3v) is 6.47. The Morgan fingerprint density at radius 1 is 1.32 bits per heavy atom. The number of nitrogens with one attached hydrogen (secondary N) is 1. The van der Waals surface area contributed by atoms with E-state index in [1.807, 2.05) is 57.5 Å². The highest BCUT2D eigenvalue weighted by atomic mass is 35.5. The molecule has 7 nitrogen and oxygen atoms in total. The Balaban J connectivity index is 0.00000341. The Labute approximate surface area is 193 Å². The monoisotopic (exact) mass is 466 g/mol. The van der Waals surface area contributed by atoms with Gasteiger partial charge in [0.05, 0.1) is 28.2 Å². The number of benzene rings is 1. The zero-order valence-corrected chi connectivity index (χ0v) is 19.9. The summed E-state index contributed by atoms with van der Waals surface area (Å²) in [5.74, 6) is -0.577. The van der Waals surface area contributed by atoms with Gasteiger partial charge in [0.15, 0.2) is 0 Å².